The SMILES string of the molecule is C[C@H](CC(=O)O)Nc1ccc(Cl)cc1/C=C/c1ccccc1. The summed E-state index contributed by atoms with van der Waals surface area (Å²) in [5, 5.41) is 12.7. The largest absolute Gasteiger partial charge is 0.481 e. The maximum absolute atomic E-state index is 10.8. The van der Waals surface area contributed by atoms with Crippen molar-refractivity contribution in [2.24, 2.45) is 0 Å². The maximum Gasteiger partial charge on any atom is 0.305 e. The van der Waals surface area contributed by atoms with Crippen LogP contribution in [0, 0.1) is 0 Å². The maximum atomic E-state index is 10.8. The average Bonchev–Trinajstić information content (AvgIpc) is 2.48. The molecule has 0 amide bonds. The van der Waals surface area contributed by atoms with Gasteiger partial charge in [-0.1, -0.05) is 54.1 Å². The van der Waals surface area contributed by atoms with Crippen LogP contribution in [0.25, 0.3) is 12.2 Å². The zero-order valence-electron chi connectivity index (χ0n) is 12.3. The van der Waals surface area contributed by atoms with Gasteiger partial charge in [0.15, 0.2) is 0 Å². The van der Waals surface area contributed by atoms with E-state index < -0.39 is 5.97 Å². The fraction of sp³-hybridized carbons (Fsp3) is 0.167. The number of aliphatic carboxylic acids is 1. The van der Waals surface area contributed by atoms with Gasteiger partial charge in [-0.05, 0) is 36.2 Å². The number of nitrogens with one attached hydrogen (secondary N) is 1. The van der Waals surface area contributed by atoms with Crippen molar-refractivity contribution in [2.75, 3.05) is 5.32 Å². The van der Waals surface area contributed by atoms with Crippen LogP contribution >= 0.6 is 11.6 Å². The summed E-state index contributed by atoms with van der Waals surface area (Å²) in [7, 11) is 0. The van der Waals surface area contributed by atoms with Gasteiger partial charge in [-0.2, -0.15) is 0 Å². The monoisotopic (exact) mass is 315 g/mol. The molecule has 0 radical (unpaired) electrons. The molecule has 4 heteroatoms. The fourth-order valence-electron chi connectivity index (χ4n) is 2.13. The van der Waals surface area contributed by atoms with Crippen LogP contribution in [0.5, 0.6) is 0 Å². The molecule has 0 aromatic heterocycles. The number of rotatable bonds is 6. The number of carbonyl (C=O) groups is 1. The Balaban J connectivity index is 2.20. The Labute approximate surface area is 135 Å². The Kier molecular flexibility index (Phi) is 5.61. The van der Waals surface area contributed by atoms with E-state index in [1.807, 2.05) is 61.5 Å². The van der Waals surface area contributed by atoms with Crippen molar-refractivity contribution in [3.63, 3.8) is 0 Å². The second kappa shape index (κ2) is 7.66. The van der Waals surface area contributed by atoms with E-state index in [4.69, 9.17) is 16.7 Å². The summed E-state index contributed by atoms with van der Waals surface area (Å²) in [5.41, 5.74) is 2.88. The summed E-state index contributed by atoms with van der Waals surface area (Å²) in [6.45, 7) is 1.84. The van der Waals surface area contributed by atoms with Gasteiger partial charge in [0.05, 0.1) is 6.42 Å². The van der Waals surface area contributed by atoms with Crippen LogP contribution in [0.4, 0.5) is 5.69 Å². The minimum absolute atomic E-state index is 0.0600. The first-order valence-electron chi connectivity index (χ1n) is 7.05. The number of hydrogen-bond acceptors (Lipinski definition) is 2. The number of carboxylic acid groups (broad SMARTS) is 1. The number of carboxylic acids is 1. The molecule has 2 aromatic rings. The van der Waals surface area contributed by atoms with E-state index >= 15 is 0 Å². The third kappa shape index (κ3) is 4.93. The molecule has 2 rings (SSSR count). The van der Waals surface area contributed by atoms with Crippen LogP contribution in [0.3, 0.4) is 0 Å². The van der Waals surface area contributed by atoms with Crippen molar-refractivity contribution in [1.82, 2.24) is 0 Å². The summed E-state index contributed by atoms with van der Waals surface area (Å²) < 4.78 is 0. The Morgan fingerprint density at radius 2 is 1.95 bits per heavy atom. The smallest absolute Gasteiger partial charge is 0.305 e. The highest BCUT2D eigenvalue weighted by molar-refractivity contribution is 6.30. The van der Waals surface area contributed by atoms with Crippen molar-refractivity contribution in [2.45, 2.75) is 19.4 Å². The molecule has 0 saturated carbocycles. The van der Waals surface area contributed by atoms with Gasteiger partial charge in [0.25, 0.3) is 0 Å². The van der Waals surface area contributed by atoms with Crippen LogP contribution in [-0.4, -0.2) is 17.1 Å². The van der Waals surface area contributed by atoms with Crippen LogP contribution in [0.2, 0.25) is 5.02 Å². The molecule has 2 N–H and O–H groups in total. The minimum Gasteiger partial charge on any atom is -0.481 e. The third-order valence-corrected chi connectivity index (χ3v) is 3.39. The first-order valence-corrected chi connectivity index (χ1v) is 7.43. The van der Waals surface area contributed by atoms with E-state index in [2.05, 4.69) is 5.32 Å². The predicted molar refractivity (Wildman–Crippen MR) is 92.2 cm³/mol. The van der Waals surface area contributed by atoms with Gasteiger partial charge in [0.1, 0.15) is 0 Å². The topological polar surface area (TPSA) is 49.3 Å². The molecule has 3 nitrogen and oxygen atoms in total. The van der Waals surface area contributed by atoms with Crippen molar-refractivity contribution < 1.29 is 9.90 Å². The number of anilines is 1. The van der Waals surface area contributed by atoms with Gasteiger partial charge < -0.3 is 10.4 Å². The van der Waals surface area contributed by atoms with Crippen molar-refractivity contribution >= 4 is 35.4 Å². The number of hydrogen-bond donors (Lipinski definition) is 2. The van der Waals surface area contributed by atoms with E-state index in [-0.39, 0.29) is 12.5 Å². The summed E-state index contributed by atoms with van der Waals surface area (Å²) in [6, 6.07) is 15.3. The van der Waals surface area contributed by atoms with Gasteiger partial charge in [-0.3, -0.25) is 4.79 Å². The molecule has 0 heterocycles. The molecule has 0 saturated heterocycles. The summed E-state index contributed by atoms with van der Waals surface area (Å²) in [5.74, 6) is -0.824. The lowest BCUT2D eigenvalue weighted by Gasteiger charge is -2.15. The molecular formula is C18H18ClNO2. The second-order valence-electron chi connectivity index (χ2n) is 5.12. The molecular weight excluding hydrogens is 298 g/mol. The normalized spacial score (nSPS) is 12.3. The van der Waals surface area contributed by atoms with Crippen molar-refractivity contribution in [3.05, 3.63) is 64.7 Å². The standard InChI is InChI=1S/C18H18ClNO2/c1-13(11-18(21)22)20-17-10-9-16(19)12-15(17)8-7-14-5-3-2-4-6-14/h2-10,12-13,20H,11H2,1H3,(H,21,22)/b8-7+/t13-/m1/s1. The van der Waals surface area contributed by atoms with Crippen LogP contribution < -0.4 is 5.32 Å². The summed E-state index contributed by atoms with van der Waals surface area (Å²) in [4.78, 5) is 10.8. The van der Waals surface area contributed by atoms with E-state index in [1.54, 1.807) is 6.07 Å². The zero-order valence-corrected chi connectivity index (χ0v) is 13.0. The Morgan fingerprint density at radius 3 is 2.64 bits per heavy atom. The molecule has 0 aliphatic rings. The zero-order chi connectivity index (χ0) is 15.9. The molecule has 0 unspecified atom stereocenters. The van der Waals surface area contributed by atoms with E-state index in [1.165, 1.54) is 0 Å². The molecule has 0 fully saturated rings. The molecule has 0 spiro atoms. The van der Waals surface area contributed by atoms with Crippen molar-refractivity contribution in [3.8, 4) is 0 Å². The molecule has 2 aromatic carbocycles. The van der Waals surface area contributed by atoms with Gasteiger partial charge in [-0.25, -0.2) is 0 Å². The summed E-state index contributed by atoms with van der Waals surface area (Å²) in [6.07, 6.45) is 4.03. The highest BCUT2D eigenvalue weighted by Gasteiger charge is 2.09. The van der Waals surface area contributed by atoms with E-state index in [9.17, 15) is 4.79 Å². The van der Waals surface area contributed by atoms with Gasteiger partial charge in [0.2, 0.25) is 0 Å². The van der Waals surface area contributed by atoms with Crippen LogP contribution in [-0.2, 0) is 4.79 Å². The lowest BCUT2D eigenvalue weighted by molar-refractivity contribution is -0.137. The number of benzene rings is 2. The van der Waals surface area contributed by atoms with Gasteiger partial charge in [-0.15, -0.1) is 0 Å². The minimum atomic E-state index is -0.824. The number of halogens is 1. The highest BCUT2D eigenvalue weighted by atomic mass is 35.5. The third-order valence-electron chi connectivity index (χ3n) is 3.15. The average molecular weight is 316 g/mol. The Hall–Kier alpha value is -2.26. The van der Waals surface area contributed by atoms with Crippen molar-refractivity contribution in [1.29, 1.82) is 0 Å². The predicted octanol–water partition coefficient (Wildman–Crippen LogP) is 4.79. The van der Waals surface area contributed by atoms with Crippen LogP contribution in [0.15, 0.2) is 48.5 Å². The molecule has 0 bridgehead atoms. The highest BCUT2D eigenvalue weighted by Crippen LogP contribution is 2.24. The molecule has 0 aliphatic heterocycles. The Morgan fingerprint density at radius 1 is 1.23 bits per heavy atom. The quantitative estimate of drug-likeness (QED) is 0.754. The molecule has 0 aliphatic carbocycles. The fourth-order valence-corrected chi connectivity index (χ4v) is 2.31. The molecule has 114 valence electrons. The van der Waals surface area contributed by atoms with Crippen LogP contribution in [0.1, 0.15) is 24.5 Å². The second-order valence-corrected chi connectivity index (χ2v) is 5.56. The van der Waals surface area contributed by atoms with E-state index in [0.29, 0.717) is 5.02 Å². The lowest BCUT2D eigenvalue weighted by Crippen LogP contribution is -2.19. The first-order chi connectivity index (χ1) is 10.5. The Bertz CT molecular complexity index is 668. The molecule has 22 heavy (non-hydrogen) atoms. The molecule has 1 atom stereocenters. The summed E-state index contributed by atoms with van der Waals surface area (Å²) >= 11 is 6.06. The van der Waals surface area contributed by atoms with E-state index in [0.717, 1.165) is 16.8 Å². The van der Waals surface area contributed by atoms with Gasteiger partial charge >= 0.3 is 5.97 Å². The first kappa shape index (κ1) is 16.1. The van der Waals surface area contributed by atoms with Gasteiger partial charge in [0, 0.05) is 16.8 Å². The lowest BCUT2D eigenvalue weighted by atomic mass is 10.1.